The Morgan fingerprint density at radius 1 is 1.07 bits per heavy atom. The van der Waals surface area contributed by atoms with Gasteiger partial charge in [-0.15, -0.1) is 0 Å². The summed E-state index contributed by atoms with van der Waals surface area (Å²) in [6, 6.07) is 5.49. The van der Waals surface area contributed by atoms with Crippen molar-refractivity contribution in [2.45, 2.75) is 38.4 Å². The third-order valence-corrected chi connectivity index (χ3v) is 6.78. The van der Waals surface area contributed by atoms with Crippen molar-refractivity contribution in [1.82, 2.24) is 20.4 Å². The Bertz CT molecular complexity index is 825. The van der Waals surface area contributed by atoms with E-state index in [0.717, 1.165) is 55.3 Å². The van der Waals surface area contributed by atoms with E-state index < -0.39 is 6.04 Å². The molecule has 2 N–H and O–H groups in total. The molecule has 3 amide bonds. The highest BCUT2D eigenvalue weighted by molar-refractivity contribution is 6.05. The smallest absolute Gasteiger partial charge is 0.255 e. The van der Waals surface area contributed by atoms with E-state index in [4.69, 9.17) is 0 Å². The number of hydrogen-bond acceptors (Lipinski definition) is 5. The lowest BCUT2D eigenvalue weighted by Crippen LogP contribution is -2.52. The maximum Gasteiger partial charge on any atom is 0.255 e. The summed E-state index contributed by atoms with van der Waals surface area (Å²) in [4.78, 5) is 41.0. The van der Waals surface area contributed by atoms with Crippen LogP contribution in [-0.4, -0.2) is 59.7 Å². The van der Waals surface area contributed by atoms with Crippen LogP contribution in [0.1, 0.15) is 40.7 Å². The number of hydrogen-bond donors (Lipinski definition) is 2. The van der Waals surface area contributed by atoms with E-state index >= 15 is 0 Å². The molecule has 1 unspecified atom stereocenters. The molecule has 5 rings (SSSR count). The van der Waals surface area contributed by atoms with Gasteiger partial charge < -0.3 is 10.2 Å². The predicted molar refractivity (Wildman–Crippen MR) is 102 cm³/mol. The van der Waals surface area contributed by atoms with Gasteiger partial charge in [0.05, 0.1) is 0 Å². The summed E-state index contributed by atoms with van der Waals surface area (Å²) in [5.74, 6) is 0.791. The first kappa shape index (κ1) is 17.8. The quantitative estimate of drug-likeness (QED) is 0.744. The number of nitrogens with one attached hydrogen (secondary N) is 2. The molecule has 0 radical (unpaired) electrons. The molecule has 28 heavy (non-hydrogen) atoms. The van der Waals surface area contributed by atoms with Gasteiger partial charge in [0.15, 0.2) is 0 Å². The summed E-state index contributed by atoms with van der Waals surface area (Å²) < 4.78 is 0. The monoisotopic (exact) mass is 382 g/mol. The van der Waals surface area contributed by atoms with Crippen LogP contribution in [0.3, 0.4) is 0 Å². The van der Waals surface area contributed by atoms with Gasteiger partial charge in [0.2, 0.25) is 11.8 Å². The highest BCUT2D eigenvalue weighted by Crippen LogP contribution is 2.33. The van der Waals surface area contributed by atoms with E-state index in [9.17, 15) is 14.4 Å². The van der Waals surface area contributed by atoms with Gasteiger partial charge in [0.25, 0.3) is 5.91 Å². The van der Waals surface area contributed by atoms with Crippen LogP contribution in [0.4, 0.5) is 0 Å². The number of fused-ring (bicyclic) bond motifs is 2. The van der Waals surface area contributed by atoms with Gasteiger partial charge in [-0.1, -0.05) is 18.2 Å². The SMILES string of the molecule is O=C1CCC(N2Cc3cccc(CN4C[C@H]5CCNC[C@H]5C4)c3C2=O)C(=O)N1. The van der Waals surface area contributed by atoms with Crippen LogP contribution in [0, 0.1) is 11.8 Å². The van der Waals surface area contributed by atoms with Crippen molar-refractivity contribution in [1.29, 1.82) is 0 Å². The van der Waals surface area contributed by atoms with Gasteiger partial charge in [0, 0.05) is 38.2 Å². The van der Waals surface area contributed by atoms with E-state index in [0.29, 0.717) is 18.9 Å². The molecule has 0 bridgehead atoms. The van der Waals surface area contributed by atoms with Gasteiger partial charge in [-0.25, -0.2) is 0 Å². The van der Waals surface area contributed by atoms with Crippen molar-refractivity contribution >= 4 is 17.7 Å². The van der Waals surface area contributed by atoms with E-state index in [1.807, 2.05) is 18.2 Å². The normalized spacial score (nSPS) is 30.4. The molecule has 0 aromatic heterocycles. The van der Waals surface area contributed by atoms with Crippen LogP contribution in [0.2, 0.25) is 0 Å². The molecule has 3 fully saturated rings. The second-order valence-corrected chi connectivity index (χ2v) is 8.56. The number of amides is 3. The van der Waals surface area contributed by atoms with Gasteiger partial charge in [-0.05, 0) is 48.9 Å². The number of nitrogens with zero attached hydrogens (tertiary/aromatic N) is 2. The Balaban J connectivity index is 1.34. The van der Waals surface area contributed by atoms with Crippen LogP contribution in [0.25, 0.3) is 0 Å². The van der Waals surface area contributed by atoms with E-state index in [-0.39, 0.29) is 24.1 Å². The minimum Gasteiger partial charge on any atom is -0.322 e. The average Bonchev–Trinajstić information content (AvgIpc) is 3.23. The minimum absolute atomic E-state index is 0.0709. The Hall–Kier alpha value is -2.25. The van der Waals surface area contributed by atoms with Crippen molar-refractivity contribution in [2.24, 2.45) is 11.8 Å². The largest absolute Gasteiger partial charge is 0.322 e. The zero-order valence-corrected chi connectivity index (χ0v) is 15.9. The highest BCUT2D eigenvalue weighted by atomic mass is 16.2. The zero-order valence-electron chi connectivity index (χ0n) is 15.9. The molecule has 3 saturated heterocycles. The Morgan fingerprint density at radius 2 is 1.93 bits per heavy atom. The lowest BCUT2D eigenvalue weighted by molar-refractivity contribution is -0.136. The summed E-state index contributed by atoms with van der Waals surface area (Å²) >= 11 is 0. The molecule has 1 aromatic rings. The Labute approximate surface area is 164 Å². The predicted octanol–water partition coefficient (Wildman–Crippen LogP) is 0.489. The summed E-state index contributed by atoms with van der Waals surface area (Å²) in [6.45, 7) is 5.60. The van der Waals surface area contributed by atoms with Crippen LogP contribution < -0.4 is 10.6 Å². The molecule has 7 heteroatoms. The van der Waals surface area contributed by atoms with E-state index in [1.165, 1.54) is 6.42 Å². The highest BCUT2D eigenvalue weighted by Gasteiger charge is 2.41. The van der Waals surface area contributed by atoms with Gasteiger partial charge in [-0.2, -0.15) is 0 Å². The molecule has 4 aliphatic rings. The molecule has 4 aliphatic heterocycles. The van der Waals surface area contributed by atoms with Crippen molar-refractivity contribution in [3.8, 4) is 0 Å². The van der Waals surface area contributed by atoms with Gasteiger partial charge in [0.1, 0.15) is 6.04 Å². The summed E-state index contributed by atoms with van der Waals surface area (Å²) in [7, 11) is 0. The van der Waals surface area contributed by atoms with Crippen molar-refractivity contribution < 1.29 is 14.4 Å². The molecule has 3 atom stereocenters. The van der Waals surface area contributed by atoms with Crippen molar-refractivity contribution in [3.05, 3.63) is 34.9 Å². The second-order valence-electron chi connectivity index (χ2n) is 8.56. The lowest BCUT2D eigenvalue weighted by atomic mass is 9.90. The molecule has 148 valence electrons. The standard InChI is InChI=1S/C21H26N4O3/c26-18-5-4-17(20(27)23-18)25-12-15-3-1-2-14(19(15)21(25)28)10-24-9-13-6-7-22-8-16(13)11-24/h1-3,13,16-17,22H,4-12H2,(H,23,26,27)/t13-,16+,17?/m1/s1. The number of carbonyl (C=O) groups is 3. The third-order valence-electron chi connectivity index (χ3n) is 6.78. The molecule has 0 aliphatic carbocycles. The second kappa shape index (κ2) is 6.97. The number of likely N-dealkylation sites (tertiary alicyclic amines) is 1. The fourth-order valence-electron chi connectivity index (χ4n) is 5.36. The van der Waals surface area contributed by atoms with Crippen molar-refractivity contribution in [3.63, 3.8) is 0 Å². The molecule has 4 heterocycles. The Morgan fingerprint density at radius 3 is 2.75 bits per heavy atom. The zero-order chi connectivity index (χ0) is 19.3. The lowest BCUT2D eigenvalue weighted by Gasteiger charge is -2.29. The average molecular weight is 382 g/mol. The van der Waals surface area contributed by atoms with Crippen LogP contribution >= 0.6 is 0 Å². The third kappa shape index (κ3) is 3.02. The Kier molecular flexibility index (Phi) is 4.44. The number of benzene rings is 1. The summed E-state index contributed by atoms with van der Waals surface area (Å²) in [6.07, 6.45) is 1.92. The molecule has 0 saturated carbocycles. The van der Waals surface area contributed by atoms with E-state index in [1.54, 1.807) is 4.90 Å². The van der Waals surface area contributed by atoms with E-state index in [2.05, 4.69) is 15.5 Å². The van der Waals surface area contributed by atoms with Crippen LogP contribution in [-0.2, 0) is 22.7 Å². The van der Waals surface area contributed by atoms with Crippen LogP contribution in [0.5, 0.6) is 0 Å². The maximum atomic E-state index is 13.2. The first-order valence-electron chi connectivity index (χ1n) is 10.3. The van der Waals surface area contributed by atoms with Gasteiger partial charge in [-0.3, -0.25) is 24.6 Å². The van der Waals surface area contributed by atoms with Gasteiger partial charge >= 0.3 is 0 Å². The molecule has 7 nitrogen and oxygen atoms in total. The molecule has 1 aromatic carbocycles. The topological polar surface area (TPSA) is 81.8 Å². The first-order chi connectivity index (χ1) is 13.6. The minimum atomic E-state index is -0.550. The number of rotatable bonds is 3. The summed E-state index contributed by atoms with van der Waals surface area (Å²) in [5, 5.41) is 5.86. The number of imide groups is 1. The van der Waals surface area contributed by atoms with Crippen LogP contribution in [0.15, 0.2) is 18.2 Å². The number of piperidine rings is 2. The first-order valence-corrected chi connectivity index (χ1v) is 10.3. The number of carbonyl (C=O) groups excluding carboxylic acids is 3. The fourth-order valence-corrected chi connectivity index (χ4v) is 5.36. The summed E-state index contributed by atoms with van der Waals surface area (Å²) in [5.41, 5.74) is 2.81. The maximum absolute atomic E-state index is 13.2. The molecular formula is C21H26N4O3. The fraction of sp³-hybridized carbons (Fsp3) is 0.571. The van der Waals surface area contributed by atoms with Crippen molar-refractivity contribution in [2.75, 3.05) is 26.2 Å². The molecule has 0 spiro atoms. The molecular weight excluding hydrogens is 356 g/mol.